The van der Waals surface area contributed by atoms with Crippen LogP contribution in [-0.2, 0) is 21.2 Å². The lowest BCUT2D eigenvalue weighted by Gasteiger charge is -2.24. The van der Waals surface area contributed by atoms with Crippen LogP contribution in [0.25, 0.3) is 0 Å². The highest BCUT2D eigenvalue weighted by atomic mass is 32.2. The van der Waals surface area contributed by atoms with E-state index >= 15 is 0 Å². The van der Waals surface area contributed by atoms with Gasteiger partial charge in [-0.1, -0.05) is 57.2 Å². The lowest BCUT2D eigenvalue weighted by molar-refractivity contribution is -0.121. The van der Waals surface area contributed by atoms with Crippen molar-refractivity contribution in [2.24, 2.45) is 11.1 Å². The van der Waals surface area contributed by atoms with Crippen molar-refractivity contribution in [2.45, 2.75) is 51.1 Å². The Morgan fingerprint density at radius 1 is 0.966 bits per heavy atom. The van der Waals surface area contributed by atoms with Crippen LogP contribution < -0.4 is 15.8 Å². The van der Waals surface area contributed by atoms with Gasteiger partial charge in [0.1, 0.15) is 0 Å². The van der Waals surface area contributed by atoms with Crippen LogP contribution in [0.3, 0.4) is 0 Å². The standard InChI is InChI=1S/C22H31N3O3S/c1-5-17-6-8-19(9-7-17)22(15(2)3)24-14-21(26)25-16(4)18-10-12-20(13-11-18)29(23,27)28/h6-13,15-16,22,24H,5,14H2,1-4H3,(H,25,26)(H2,23,27,28)/t16-,22-/m0/s1. The summed E-state index contributed by atoms with van der Waals surface area (Å²) in [4.78, 5) is 12.5. The van der Waals surface area contributed by atoms with Gasteiger partial charge in [-0.25, -0.2) is 13.6 Å². The molecule has 0 aromatic heterocycles. The van der Waals surface area contributed by atoms with Crippen molar-refractivity contribution in [1.29, 1.82) is 0 Å². The smallest absolute Gasteiger partial charge is 0.238 e. The Morgan fingerprint density at radius 2 is 1.52 bits per heavy atom. The molecule has 0 spiro atoms. The van der Waals surface area contributed by atoms with Gasteiger partial charge in [-0.15, -0.1) is 0 Å². The van der Waals surface area contributed by atoms with Crippen molar-refractivity contribution in [3.63, 3.8) is 0 Å². The van der Waals surface area contributed by atoms with E-state index < -0.39 is 10.0 Å². The molecular weight excluding hydrogens is 386 g/mol. The van der Waals surface area contributed by atoms with Gasteiger partial charge in [0.15, 0.2) is 0 Å². The monoisotopic (exact) mass is 417 g/mol. The number of sulfonamides is 1. The van der Waals surface area contributed by atoms with E-state index in [0.717, 1.165) is 17.5 Å². The highest BCUT2D eigenvalue weighted by molar-refractivity contribution is 7.89. The largest absolute Gasteiger partial charge is 0.348 e. The first-order valence-electron chi connectivity index (χ1n) is 9.86. The van der Waals surface area contributed by atoms with Crippen molar-refractivity contribution in [3.8, 4) is 0 Å². The molecule has 0 saturated carbocycles. The van der Waals surface area contributed by atoms with Gasteiger partial charge in [-0.05, 0) is 48.1 Å². The fraction of sp³-hybridized carbons (Fsp3) is 0.409. The maximum atomic E-state index is 12.4. The van der Waals surface area contributed by atoms with Crippen molar-refractivity contribution < 1.29 is 13.2 Å². The van der Waals surface area contributed by atoms with Crippen LogP contribution >= 0.6 is 0 Å². The SMILES string of the molecule is CCc1ccc([C@@H](NCC(=O)N[C@@H](C)c2ccc(S(N)(=O)=O)cc2)C(C)C)cc1. The highest BCUT2D eigenvalue weighted by Crippen LogP contribution is 2.22. The van der Waals surface area contributed by atoms with E-state index in [1.807, 2.05) is 6.92 Å². The zero-order valence-electron chi connectivity index (χ0n) is 17.5. The average molecular weight is 418 g/mol. The summed E-state index contributed by atoms with van der Waals surface area (Å²) in [6, 6.07) is 14.5. The Hall–Kier alpha value is -2.22. The molecule has 2 atom stereocenters. The summed E-state index contributed by atoms with van der Waals surface area (Å²) in [6.45, 7) is 8.42. The number of hydrogen-bond acceptors (Lipinski definition) is 4. The second kappa shape index (κ2) is 10.0. The van der Waals surface area contributed by atoms with Gasteiger partial charge in [0.25, 0.3) is 0 Å². The van der Waals surface area contributed by atoms with Crippen LogP contribution in [0.5, 0.6) is 0 Å². The first-order valence-corrected chi connectivity index (χ1v) is 11.4. The zero-order chi connectivity index (χ0) is 21.6. The molecule has 0 radical (unpaired) electrons. The minimum Gasteiger partial charge on any atom is -0.348 e. The molecule has 0 heterocycles. The normalized spacial score (nSPS) is 13.9. The molecule has 6 nitrogen and oxygen atoms in total. The molecular formula is C22H31N3O3S. The Labute approximate surface area is 173 Å². The summed E-state index contributed by atoms with van der Waals surface area (Å²) in [5, 5.41) is 11.4. The quantitative estimate of drug-likeness (QED) is 0.584. The Bertz CT molecular complexity index is 907. The third-order valence-electron chi connectivity index (χ3n) is 4.98. The molecule has 2 aromatic carbocycles. The van der Waals surface area contributed by atoms with Gasteiger partial charge >= 0.3 is 0 Å². The molecule has 2 aromatic rings. The van der Waals surface area contributed by atoms with E-state index in [1.54, 1.807) is 12.1 Å². The van der Waals surface area contributed by atoms with Crippen LogP contribution in [0, 0.1) is 5.92 Å². The van der Waals surface area contributed by atoms with E-state index in [1.165, 1.54) is 17.7 Å². The van der Waals surface area contributed by atoms with E-state index in [4.69, 9.17) is 5.14 Å². The molecule has 0 unspecified atom stereocenters. The lowest BCUT2D eigenvalue weighted by atomic mass is 9.95. The number of primary sulfonamides is 1. The number of hydrogen-bond donors (Lipinski definition) is 3. The number of rotatable bonds is 9. The number of nitrogens with two attached hydrogens (primary N) is 1. The predicted molar refractivity (Wildman–Crippen MR) is 116 cm³/mol. The first-order chi connectivity index (χ1) is 13.6. The molecule has 0 aliphatic rings. The van der Waals surface area contributed by atoms with Crippen molar-refractivity contribution in [3.05, 3.63) is 65.2 Å². The van der Waals surface area contributed by atoms with E-state index in [9.17, 15) is 13.2 Å². The fourth-order valence-corrected chi connectivity index (χ4v) is 3.74. The minimum atomic E-state index is -3.72. The second-order valence-corrected chi connectivity index (χ2v) is 9.16. The third-order valence-corrected chi connectivity index (χ3v) is 5.91. The molecule has 0 aliphatic carbocycles. The number of carbonyl (C=O) groups excluding carboxylic acids is 1. The number of carbonyl (C=O) groups is 1. The van der Waals surface area contributed by atoms with Crippen LogP contribution in [-0.4, -0.2) is 20.9 Å². The maximum Gasteiger partial charge on any atom is 0.238 e. The lowest BCUT2D eigenvalue weighted by Crippen LogP contribution is -2.38. The summed E-state index contributed by atoms with van der Waals surface area (Å²) in [6.07, 6.45) is 0.999. The highest BCUT2D eigenvalue weighted by Gasteiger charge is 2.18. The average Bonchev–Trinajstić information content (AvgIpc) is 2.67. The summed E-state index contributed by atoms with van der Waals surface area (Å²) in [5.74, 6) is 0.210. The summed E-state index contributed by atoms with van der Waals surface area (Å²) in [7, 11) is -3.72. The Balaban J connectivity index is 1.96. The third kappa shape index (κ3) is 6.66. The predicted octanol–water partition coefficient (Wildman–Crippen LogP) is 3.06. The van der Waals surface area contributed by atoms with Crippen molar-refractivity contribution in [1.82, 2.24) is 10.6 Å². The molecule has 0 fully saturated rings. The van der Waals surface area contributed by atoms with Gasteiger partial charge in [0.2, 0.25) is 15.9 Å². The minimum absolute atomic E-state index is 0.0512. The molecule has 0 saturated heterocycles. The van der Waals surface area contributed by atoms with Crippen LogP contribution in [0.15, 0.2) is 53.4 Å². The molecule has 158 valence electrons. The van der Waals surface area contributed by atoms with Crippen molar-refractivity contribution >= 4 is 15.9 Å². The molecule has 2 rings (SSSR count). The van der Waals surface area contributed by atoms with Crippen LogP contribution in [0.4, 0.5) is 0 Å². The van der Waals surface area contributed by atoms with Crippen LogP contribution in [0.2, 0.25) is 0 Å². The number of benzene rings is 2. The van der Waals surface area contributed by atoms with Gasteiger partial charge in [-0.2, -0.15) is 0 Å². The van der Waals surface area contributed by atoms with E-state index in [0.29, 0.717) is 5.92 Å². The van der Waals surface area contributed by atoms with Crippen LogP contribution in [0.1, 0.15) is 56.5 Å². The number of amides is 1. The molecule has 7 heteroatoms. The van der Waals surface area contributed by atoms with Gasteiger partial charge < -0.3 is 10.6 Å². The first kappa shape index (κ1) is 23.1. The molecule has 4 N–H and O–H groups in total. The van der Waals surface area contributed by atoms with E-state index in [-0.39, 0.29) is 29.4 Å². The van der Waals surface area contributed by atoms with Gasteiger partial charge in [0.05, 0.1) is 17.5 Å². The fourth-order valence-electron chi connectivity index (χ4n) is 3.22. The summed E-state index contributed by atoms with van der Waals surface area (Å²) in [5.41, 5.74) is 3.26. The van der Waals surface area contributed by atoms with E-state index in [2.05, 4.69) is 55.7 Å². The molecule has 29 heavy (non-hydrogen) atoms. The summed E-state index contributed by atoms with van der Waals surface area (Å²) < 4.78 is 22.7. The number of nitrogens with one attached hydrogen (secondary N) is 2. The Kier molecular flexibility index (Phi) is 7.96. The van der Waals surface area contributed by atoms with Gasteiger partial charge in [0, 0.05) is 6.04 Å². The van der Waals surface area contributed by atoms with Crippen molar-refractivity contribution in [2.75, 3.05) is 6.54 Å². The molecule has 0 bridgehead atoms. The Morgan fingerprint density at radius 3 is 2.00 bits per heavy atom. The molecule has 1 amide bonds. The summed E-state index contributed by atoms with van der Waals surface area (Å²) >= 11 is 0. The topological polar surface area (TPSA) is 101 Å². The number of aryl methyl sites for hydroxylation is 1. The maximum absolute atomic E-state index is 12.4. The van der Waals surface area contributed by atoms with Gasteiger partial charge in [-0.3, -0.25) is 4.79 Å². The second-order valence-electron chi connectivity index (χ2n) is 7.60. The molecule has 0 aliphatic heterocycles. The zero-order valence-corrected chi connectivity index (χ0v) is 18.3.